The van der Waals surface area contributed by atoms with Gasteiger partial charge < -0.3 is 9.47 Å². The molecule has 0 aliphatic carbocycles. The molecule has 0 aromatic heterocycles. The number of halogens is 6. The molecule has 3 rings (SSSR count). The van der Waals surface area contributed by atoms with Gasteiger partial charge in [0.2, 0.25) is 0 Å². The van der Waals surface area contributed by atoms with E-state index in [9.17, 15) is 31.1 Å². The zero-order chi connectivity index (χ0) is 24.2. The monoisotopic (exact) mass is 468 g/mol. The highest BCUT2D eigenvalue weighted by Crippen LogP contribution is 2.39. The van der Waals surface area contributed by atoms with Gasteiger partial charge in [-0.3, -0.25) is 4.79 Å². The third-order valence-corrected chi connectivity index (χ3v) is 4.80. The first-order valence-corrected chi connectivity index (χ1v) is 9.70. The number of ether oxygens (including phenoxy) is 2. The van der Waals surface area contributed by atoms with Gasteiger partial charge in [-0.1, -0.05) is 30.3 Å². The molecule has 0 aliphatic rings. The van der Waals surface area contributed by atoms with Crippen molar-refractivity contribution in [3.8, 4) is 22.6 Å². The van der Waals surface area contributed by atoms with Gasteiger partial charge in [-0.25, -0.2) is 0 Å². The molecule has 9 heteroatoms. The molecule has 0 fully saturated rings. The van der Waals surface area contributed by atoms with Gasteiger partial charge in [0, 0.05) is 6.42 Å². The van der Waals surface area contributed by atoms with Crippen molar-refractivity contribution in [1.82, 2.24) is 0 Å². The number of benzene rings is 3. The third-order valence-electron chi connectivity index (χ3n) is 4.80. The first kappa shape index (κ1) is 24.2. The lowest BCUT2D eigenvalue weighted by atomic mass is 9.99. The lowest BCUT2D eigenvalue weighted by molar-refractivity contribution is -0.143. The quantitative estimate of drug-likeness (QED) is 0.282. The van der Waals surface area contributed by atoms with E-state index in [1.807, 2.05) is 0 Å². The molecule has 0 saturated carbocycles. The van der Waals surface area contributed by atoms with Crippen LogP contribution in [0.4, 0.5) is 26.3 Å². The van der Waals surface area contributed by atoms with Crippen LogP contribution in [0.2, 0.25) is 0 Å². The van der Waals surface area contributed by atoms with Crippen molar-refractivity contribution >= 4 is 5.97 Å². The number of esters is 1. The number of methoxy groups -OCH3 is 1. The number of carbonyl (C=O) groups is 1. The minimum Gasteiger partial charge on any atom is -0.469 e. The molecule has 0 bridgehead atoms. The summed E-state index contributed by atoms with van der Waals surface area (Å²) in [7, 11) is 1.29. The topological polar surface area (TPSA) is 35.5 Å². The van der Waals surface area contributed by atoms with Gasteiger partial charge >= 0.3 is 18.3 Å². The van der Waals surface area contributed by atoms with Crippen molar-refractivity contribution < 1.29 is 40.6 Å². The minimum absolute atomic E-state index is 0.0895. The SMILES string of the molecule is COC(=O)CCc1ccccc1Oc1ccc(-c2cc(C(F)(F)F)cc(C(F)(F)F)c2)cc1. The van der Waals surface area contributed by atoms with E-state index in [0.29, 0.717) is 30.1 Å². The molecular formula is C24H18F6O3. The largest absolute Gasteiger partial charge is 0.469 e. The van der Waals surface area contributed by atoms with Gasteiger partial charge in [-0.05, 0) is 59.5 Å². The zero-order valence-electron chi connectivity index (χ0n) is 17.3. The average molecular weight is 468 g/mol. The highest BCUT2D eigenvalue weighted by Gasteiger charge is 2.37. The second-order valence-corrected chi connectivity index (χ2v) is 7.10. The van der Waals surface area contributed by atoms with Crippen LogP contribution < -0.4 is 4.74 Å². The Kier molecular flexibility index (Phi) is 7.00. The summed E-state index contributed by atoms with van der Waals surface area (Å²) in [6.45, 7) is 0. The van der Waals surface area contributed by atoms with Crippen LogP contribution in [-0.4, -0.2) is 13.1 Å². The number of aryl methyl sites for hydroxylation is 1. The van der Waals surface area contributed by atoms with Crippen LogP contribution in [0.1, 0.15) is 23.1 Å². The van der Waals surface area contributed by atoms with Gasteiger partial charge in [-0.2, -0.15) is 26.3 Å². The van der Waals surface area contributed by atoms with Crippen LogP contribution in [0.5, 0.6) is 11.5 Å². The summed E-state index contributed by atoms with van der Waals surface area (Å²) in [5.74, 6) is 0.410. The molecule has 0 saturated heterocycles. The number of rotatable bonds is 6. The maximum Gasteiger partial charge on any atom is 0.416 e. The van der Waals surface area contributed by atoms with Crippen molar-refractivity contribution in [2.75, 3.05) is 7.11 Å². The van der Waals surface area contributed by atoms with E-state index in [4.69, 9.17) is 4.74 Å². The number of hydrogen-bond donors (Lipinski definition) is 0. The molecule has 0 unspecified atom stereocenters. The van der Waals surface area contributed by atoms with E-state index in [-0.39, 0.29) is 29.6 Å². The van der Waals surface area contributed by atoms with E-state index < -0.39 is 23.5 Å². The maximum absolute atomic E-state index is 13.1. The molecule has 0 heterocycles. The van der Waals surface area contributed by atoms with Crippen LogP contribution in [-0.2, 0) is 28.3 Å². The Morgan fingerprint density at radius 3 is 1.91 bits per heavy atom. The summed E-state index contributed by atoms with van der Waals surface area (Å²) >= 11 is 0. The molecule has 0 amide bonds. The fourth-order valence-electron chi connectivity index (χ4n) is 3.11. The van der Waals surface area contributed by atoms with Gasteiger partial charge in [0.05, 0.1) is 18.2 Å². The summed E-state index contributed by atoms with van der Waals surface area (Å²) in [5, 5.41) is 0. The summed E-state index contributed by atoms with van der Waals surface area (Å²) < 4.78 is 89.1. The number of para-hydroxylation sites is 1. The Morgan fingerprint density at radius 1 is 0.788 bits per heavy atom. The van der Waals surface area contributed by atoms with Crippen LogP contribution in [0.3, 0.4) is 0 Å². The molecule has 0 radical (unpaired) electrons. The molecular weight excluding hydrogens is 450 g/mol. The predicted molar refractivity (Wildman–Crippen MR) is 109 cm³/mol. The lowest BCUT2D eigenvalue weighted by Gasteiger charge is -2.15. The molecule has 3 aromatic rings. The van der Waals surface area contributed by atoms with Gasteiger partial charge in [0.15, 0.2) is 0 Å². The normalized spacial score (nSPS) is 11.8. The lowest BCUT2D eigenvalue weighted by Crippen LogP contribution is -2.11. The fraction of sp³-hybridized carbons (Fsp3) is 0.208. The van der Waals surface area contributed by atoms with Crippen molar-refractivity contribution in [2.24, 2.45) is 0 Å². The summed E-state index contributed by atoms with van der Waals surface area (Å²) in [6.07, 6.45) is -9.34. The first-order chi connectivity index (χ1) is 15.5. The van der Waals surface area contributed by atoms with E-state index in [1.54, 1.807) is 24.3 Å². The van der Waals surface area contributed by atoms with E-state index >= 15 is 0 Å². The van der Waals surface area contributed by atoms with E-state index in [2.05, 4.69) is 4.74 Å². The second kappa shape index (κ2) is 9.56. The van der Waals surface area contributed by atoms with Crippen LogP contribution >= 0.6 is 0 Å². The Morgan fingerprint density at radius 2 is 1.36 bits per heavy atom. The summed E-state index contributed by atoms with van der Waals surface area (Å²) in [5.41, 5.74) is -2.08. The second-order valence-electron chi connectivity index (χ2n) is 7.10. The smallest absolute Gasteiger partial charge is 0.416 e. The van der Waals surface area contributed by atoms with Gasteiger partial charge in [0.1, 0.15) is 11.5 Å². The molecule has 0 aliphatic heterocycles. The van der Waals surface area contributed by atoms with Crippen LogP contribution in [0, 0.1) is 0 Å². The standard InChI is InChI=1S/C24H18F6O3/c1-32-22(31)11-8-16-4-2-3-5-21(16)33-20-9-6-15(7-10-20)17-12-18(23(25,26)27)14-19(13-17)24(28,29)30/h2-7,9-10,12-14H,8,11H2,1H3. The van der Waals surface area contributed by atoms with E-state index in [1.165, 1.54) is 31.4 Å². The Labute approximate surface area is 185 Å². The number of carbonyl (C=O) groups excluding carboxylic acids is 1. The van der Waals surface area contributed by atoms with Gasteiger partial charge in [-0.15, -0.1) is 0 Å². The van der Waals surface area contributed by atoms with Crippen molar-refractivity contribution in [3.63, 3.8) is 0 Å². The van der Waals surface area contributed by atoms with Gasteiger partial charge in [0.25, 0.3) is 0 Å². The highest BCUT2D eigenvalue weighted by atomic mass is 19.4. The third kappa shape index (κ3) is 6.27. The average Bonchev–Trinajstić information content (AvgIpc) is 2.77. The van der Waals surface area contributed by atoms with E-state index in [0.717, 1.165) is 5.56 Å². The molecule has 0 spiro atoms. The predicted octanol–water partition coefficient (Wildman–Crippen LogP) is 7.29. The molecule has 3 aromatic carbocycles. The molecule has 174 valence electrons. The number of alkyl halides is 6. The van der Waals surface area contributed by atoms with Crippen LogP contribution in [0.25, 0.3) is 11.1 Å². The fourth-order valence-corrected chi connectivity index (χ4v) is 3.11. The molecule has 3 nitrogen and oxygen atoms in total. The maximum atomic E-state index is 13.1. The molecule has 0 atom stereocenters. The number of hydrogen-bond acceptors (Lipinski definition) is 3. The minimum atomic E-state index is -4.92. The Balaban J connectivity index is 1.87. The highest BCUT2D eigenvalue weighted by molar-refractivity contribution is 5.69. The first-order valence-electron chi connectivity index (χ1n) is 9.70. The van der Waals surface area contributed by atoms with Crippen molar-refractivity contribution in [3.05, 3.63) is 83.4 Å². The van der Waals surface area contributed by atoms with Crippen LogP contribution in [0.15, 0.2) is 66.7 Å². The Bertz CT molecular complexity index is 1090. The summed E-state index contributed by atoms with van der Waals surface area (Å²) in [6, 6.07) is 14.0. The summed E-state index contributed by atoms with van der Waals surface area (Å²) in [4.78, 5) is 11.4. The van der Waals surface area contributed by atoms with Crippen molar-refractivity contribution in [1.29, 1.82) is 0 Å². The molecule has 0 N–H and O–H groups in total. The zero-order valence-corrected chi connectivity index (χ0v) is 17.3. The van der Waals surface area contributed by atoms with Crippen molar-refractivity contribution in [2.45, 2.75) is 25.2 Å². The molecule has 33 heavy (non-hydrogen) atoms. The Hall–Kier alpha value is -3.49.